The quantitative estimate of drug-likeness (QED) is 0.776. The van der Waals surface area contributed by atoms with Crippen LogP contribution in [0.1, 0.15) is 10.5 Å². The summed E-state index contributed by atoms with van der Waals surface area (Å²) in [5, 5.41) is 0. The minimum Gasteiger partial charge on any atom is -0.383 e. The lowest BCUT2D eigenvalue weighted by Crippen LogP contribution is -2.52. The molecule has 5 heteroatoms. The van der Waals surface area contributed by atoms with Crippen LogP contribution in [0.5, 0.6) is 0 Å². The second-order valence-corrected chi connectivity index (χ2v) is 3.93. The number of rotatable bonds is 4. The monoisotopic (exact) mass is 223 g/mol. The smallest absolute Gasteiger partial charge is 0.270 e. The van der Waals surface area contributed by atoms with E-state index >= 15 is 0 Å². The summed E-state index contributed by atoms with van der Waals surface area (Å²) in [6.45, 7) is 2.40. The summed E-state index contributed by atoms with van der Waals surface area (Å²) in [6.07, 6.45) is 1.92. The molecule has 0 aliphatic carbocycles. The minimum atomic E-state index is 0.0451. The van der Waals surface area contributed by atoms with Gasteiger partial charge >= 0.3 is 0 Å². The van der Waals surface area contributed by atoms with Crippen molar-refractivity contribution in [1.29, 1.82) is 0 Å². The molecule has 88 valence electrons. The van der Waals surface area contributed by atoms with Crippen LogP contribution in [0.3, 0.4) is 0 Å². The molecule has 5 nitrogen and oxygen atoms in total. The molecule has 0 bridgehead atoms. The van der Waals surface area contributed by atoms with Crippen molar-refractivity contribution < 1.29 is 9.53 Å². The van der Waals surface area contributed by atoms with Gasteiger partial charge in [0.15, 0.2) is 0 Å². The number of nitrogens with two attached hydrogens (primary N) is 1. The molecule has 2 N–H and O–H groups in total. The molecule has 1 aliphatic heterocycles. The van der Waals surface area contributed by atoms with Gasteiger partial charge in [0.2, 0.25) is 0 Å². The van der Waals surface area contributed by atoms with Gasteiger partial charge in [0.1, 0.15) is 5.69 Å². The van der Waals surface area contributed by atoms with Crippen LogP contribution < -0.4 is 5.73 Å². The van der Waals surface area contributed by atoms with Crippen molar-refractivity contribution >= 4 is 5.91 Å². The number of nitrogens with zero attached hydrogens (tertiary/aromatic N) is 2. The van der Waals surface area contributed by atoms with E-state index in [0.717, 1.165) is 12.2 Å². The average Bonchev–Trinajstić information content (AvgIpc) is 2.76. The first-order valence-electron chi connectivity index (χ1n) is 5.43. The van der Waals surface area contributed by atoms with E-state index in [4.69, 9.17) is 10.5 Å². The molecular weight excluding hydrogens is 206 g/mol. The van der Waals surface area contributed by atoms with Gasteiger partial charge in [-0.2, -0.15) is 0 Å². The summed E-state index contributed by atoms with van der Waals surface area (Å²) in [6, 6.07) is 3.80. The van der Waals surface area contributed by atoms with Crippen molar-refractivity contribution in [1.82, 2.24) is 9.47 Å². The molecule has 0 saturated heterocycles. The van der Waals surface area contributed by atoms with Gasteiger partial charge in [-0.3, -0.25) is 4.79 Å². The standard InChI is InChI=1S/C11H17N3O2/c1-16-6-5-14-9(7-12)8-13-4-2-3-10(13)11(14)15/h2-4,9H,5-8,12H2,1H3/t9-/m1/s1. The molecule has 16 heavy (non-hydrogen) atoms. The number of fused-ring (bicyclic) bond motifs is 1. The summed E-state index contributed by atoms with van der Waals surface area (Å²) in [5.74, 6) is 0.0451. The van der Waals surface area contributed by atoms with E-state index in [9.17, 15) is 4.79 Å². The van der Waals surface area contributed by atoms with Gasteiger partial charge in [-0.05, 0) is 12.1 Å². The van der Waals surface area contributed by atoms with Gasteiger partial charge < -0.3 is 19.9 Å². The Morgan fingerprint density at radius 3 is 3.12 bits per heavy atom. The maximum absolute atomic E-state index is 12.1. The molecule has 1 aromatic heterocycles. The summed E-state index contributed by atoms with van der Waals surface area (Å²) < 4.78 is 6.98. The van der Waals surface area contributed by atoms with E-state index in [1.54, 1.807) is 12.0 Å². The van der Waals surface area contributed by atoms with Gasteiger partial charge in [0.25, 0.3) is 5.91 Å². The summed E-state index contributed by atoms with van der Waals surface area (Å²) >= 11 is 0. The zero-order valence-corrected chi connectivity index (χ0v) is 9.43. The first kappa shape index (κ1) is 11.2. The highest BCUT2D eigenvalue weighted by Crippen LogP contribution is 2.17. The molecule has 0 fully saturated rings. The number of carbonyl (C=O) groups excluding carboxylic acids is 1. The molecule has 0 aromatic carbocycles. The number of hydrogen-bond acceptors (Lipinski definition) is 3. The van der Waals surface area contributed by atoms with Crippen LogP contribution in [0.15, 0.2) is 18.3 Å². The van der Waals surface area contributed by atoms with Crippen molar-refractivity contribution in [2.45, 2.75) is 12.6 Å². The lowest BCUT2D eigenvalue weighted by Gasteiger charge is -2.35. The normalized spacial score (nSPS) is 20.0. The van der Waals surface area contributed by atoms with E-state index in [2.05, 4.69) is 0 Å². The first-order valence-corrected chi connectivity index (χ1v) is 5.43. The zero-order valence-electron chi connectivity index (χ0n) is 9.43. The summed E-state index contributed by atoms with van der Waals surface area (Å²) in [5.41, 5.74) is 6.44. The predicted octanol–water partition coefficient (Wildman–Crippen LogP) is -0.0824. The van der Waals surface area contributed by atoms with Crippen molar-refractivity contribution in [3.8, 4) is 0 Å². The molecule has 1 aliphatic rings. The van der Waals surface area contributed by atoms with Crippen LogP contribution in [0.25, 0.3) is 0 Å². The number of methoxy groups -OCH3 is 1. The Morgan fingerprint density at radius 1 is 1.62 bits per heavy atom. The fraction of sp³-hybridized carbons (Fsp3) is 0.545. The Kier molecular flexibility index (Phi) is 3.26. The van der Waals surface area contributed by atoms with Gasteiger partial charge in [-0.15, -0.1) is 0 Å². The van der Waals surface area contributed by atoms with E-state index in [1.807, 2.05) is 22.9 Å². The number of amides is 1. The predicted molar refractivity (Wildman–Crippen MR) is 60.2 cm³/mol. The molecule has 1 aromatic rings. The second kappa shape index (κ2) is 4.67. The van der Waals surface area contributed by atoms with Gasteiger partial charge in [0.05, 0.1) is 12.6 Å². The van der Waals surface area contributed by atoms with Gasteiger partial charge in [-0.1, -0.05) is 0 Å². The van der Waals surface area contributed by atoms with Gasteiger partial charge in [0, 0.05) is 32.9 Å². The second-order valence-electron chi connectivity index (χ2n) is 3.93. The largest absolute Gasteiger partial charge is 0.383 e. The maximum Gasteiger partial charge on any atom is 0.270 e. The summed E-state index contributed by atoms with van der Waals surface area (Å²) in [7, 11) is 1.63. The highest BCUT2D eigenvalue weighted by molar-refractivity contribution is 5.93. The number of hydrogen-bond donors (Lipinski definition) is 1. The number of carbonyl (C=O) groups is 1. The topological polar surface area (TPSA) is 60.5 Å². The Hall–Kier alpha value is -1.33. The van der Waals surface area contributed by atoms with Crippen molar-refractivity contribution in [3.63, 3.8) is 0 Å². The number of aromatic nitrogens is 1. The van der Waals surface area contributed by atoms with E-state index in [-0.39, 0.29) is 11.9 Å². The fourth-order valence-electron chi connectivity index (χ4n) is 2.08. The lowest BCUT2D eigenvalue weighted by molar-refractivity contribution is 0.0523. The Balaban J connectivity index is 2.20. The number of ether oxygens (including phenoxy) is 1. The summed E-state index contributed by atoms with van der Waals surface area (Å²) in [4.78, 5) is 14.0. The van der Waals surface area contributed by atoms with Crippen molar-refractivity contribution in [2.75, 3.05) is 26.8 Å². The molecule has 0 radical (unpaired) electrons. The van der Waals surface area contributed by atoms with Crippen LogP contribution in [-0.4, -0.2) is 48.2 Å². The van der Waals surface area contributed by atoms with Crippen LogP contribution in [0.4, 0.5) is 0 Å². The Labute approximate surface area is 94.8 Å². The van der Waals surface area contributed by atoms with Crippen LogP contribution in [0.2, 0.25) is 0 Å². The lowest BCUT2D eigenvalue weighted by atomic mass is 10.1. The molecule has 2 heterocycles. The Morgan fingerprint density at radius 2 is 2.44 bits per heavy atom. The van der Waals surface area contributed by atoms with Gasteiger partial charge in [-0.25, -0.2) is 0 Å². The van der Waals surface area contributed by atoms with Crippen molar-refractivity contribution in [3.05, 3.63) is 24.0 Å². The molecule has 0 unspecified atom stereocenters. The molecular formula is C11H17N3O2. The van der Waals surface area contributed by atoms with E-state index < -0.39 is 0 Å². The third-order valence-electron chi connectivity index (χ3n) is 2.97. The highest BCUT2D eigenvalue weighted by Gasteiger charge is 2.30. The van der Waals surface area contributed by atoms with Crippen LogP contribution in [0, 0.1) is 0 Å². The third kappa shape index (κ3) is 1.83. The fourth-order valence-corrected chi connectivity index (χ4v) is 2.08. The first-order chi connectivity index (χ1) is 7.77. The molecule has 0 saturated carbocycles. The average molecular weight is 223 g/mol. The third-order valence-corrected chi connectivity index (χ3v) is 2.97. The Bertz CT molecular complexity index is 375. The zero-order chi connectivity index (χ0) is 11.5. The van der Waals surface area contributed by atoms with E-state index in [1.165, 1.54) is 0 Å². The highest BCUT2D eigenvalue weighted by atomic mass is 16.5. The molecule has 1 atom stereocenters. The molecule has 0 spiro atoms. The molecule has 1 amide bonds. The van der Waals surface area contributed by atoms with Crippen molar-refractivity contribution in [2.24, 2.45) is 5.73 Å². The maximum atomic E-state index is 12.1. The van der Waals surface area contributed by atoms with Crippen LogP contribution in [-0.2, 0) is 11.3 Å². The SMILES string of the molecule is COCCN1C(=O)c2cccn2C[C@H]1CN. The minimum absolute atomic E-state index is 0.0451. The molecule has 2 rings (SSSR count). The van der Waals surface area contributed by atoms with E-state index in [0.29, 0.717) is 19.7 Å². The van der Waals surface area contributed by atoms with Crippen LogP contribution >= 0.6 is 0 Å².